The normalized spacial score (nSPS) is 20.7. The largest absolute Gasteiger partial charge is 0.372 e. The highest BCUT2D eigenvalue weighted by Crippen LogP contribution is 2.29. The standard InChI is InChI=1S/C16H23N5O5S/c1-4-21-9-11(8-17-21)14-12(6-5-7-26-14)18-27(24,25)13-10-19(2)16(23)20(3)15(13)22/h8-10,12,14,18H,4-7H2,1-3H3/t12-,14+/m0/s1. The summed E-state index contributed by atoms with van der Waals surface area (Å²) in [7, 11) is -1.50. The van der Waals surface area contributed by atoms with E-state index in [0.29, 0.717) is 26.0 Å². The van der Waals surface area contributed by atoms with Gasteiger partial charge < -0.3 is 9.30 Å². The molecule has 1 fully saturated rings. The van der Waals surface area contributed by atoms with E-state index in [4.69, 9.17) is 4.74 Å². The summed E-state index contributed by atoms with van der Waals surface area (Å²) in [5.41, 5.74) is -0.680. The van der Waals surface area contributed by atoms with Gasteiger partial charge in [0.1, 0.15) is 6.10 Å². The van der Waals surface area contributed by atoms with Gasteiger partial charge in [-0.05, 0) is 19.8 Å². The van der Waals surface area contributed by atoms with Gasteiger partial charge in [-0.2, -0.15) is 5.10 Å². The third-order valence-electron chi connectivity index (χ3n) is 4.64. The van der Waals surface area contributed by atoms with Crippen molar-refractivity contribution in [3.8, 4) is 0 Å². The predicted molar refractivity (Wildman–Crippen MR) is 96.9 cm³/mol. The Morgan fingerprint density at radius 2 is 2.04 bits per heavy atom. The van der Waals surface area contributed by atoms with Crippen molar-refractivity contribution in [2.75, 3.05) is 6.61 Å². The van der Waals surface area contributed by atoms with Gasteiger partial charge in [-0.3, -0.25) is 14.0 Å². The molecule has 0 aromatic carbocycles. The molecule has 27 heavy (non-hydrogen) atoms. The Bertz CT molecular complexity index is 1050. The molecule has 0 aliphatic carbocycles. The number of ether oxygens (including phenoxy) is 1. The quantitative estimate of drug-likeness (QED) is 0.727. The Morgan fingerprint density at radius 1 is 1.30 bits per heavy atom. The molecule has 0 radical (unpaired) electrons. The zero-order valence-corrected chi connectivity index (χ0v) is 16.3. The molecule has 10 nitrogen and oxygen atoms in total. The van der Waals surface area contributed by atoms with Crippen molar-refractivity contribution < 1.29 is 13.2 Å². The average Bonchev–Trinajstić information content (AvgIpc) is 3.12. The van der Waals surface area contributed by atoms with Gasteiger partial charge in [0.2, 0.25) is 10.0 Å². The second kappa shape index (κ2) is 7.41. The first kappa shape index (κ1) is 19.5. The molecule has 0 amide bonds. The van der Waals surface area contributed by atoms with Crippen molar-refractivity contribution in [3.05, 3.63) is 45.0 Å². The molecule has 1 aliphatic rings. The first-order valence-electron chi connectivity index (χ1n) is 8.67. The highest BCUT2D eigenvalue weighted by Gasteiger charge is 2.33. The van der Waals surface area contributed by atoms with Crippen molar-refractivity contribution in [1.82, 2.24) is 23.6 Å². The van der Waals surface area contributed by atoms with E-state index in [1.165, 1.54) is 14.1 Å². The Balaban J connectivity index is 1.94. The van der Waals surface area contributed by atoms with Crippen LogP contribution in [0.15, 0.2) is 33.1 Å². The Kier molecular flexibility index (Phi) is 5.36. The Labute approximate surface area is 156 Å². The SMILES string of the molecule is CCn1cc([C@H]2OCCC[C@@H]2NS(=O)(=O)c2cn(C)c(=O)n(C)c2=O)cn1. The molecule has 11 heteroatoms. The van der Waals surface area contributed by atoms with Gasteiger partial charge >= 0.3 is 5.69 Å². The topological polar surface area (TPSA) is 117 Å². The van der Waals surface area contributed by atoms with Gasteiger partial charge in [-0.15, -0.1) is 0 Å². The minimum atomic E-state index is -4.14. The zero-order chi connectivity index (χ0) is 19.8. The summed E-state index contributed by atoms with van der Waals surface area (Å²) < 4.78 is 37.7. The van der Waals surface area contributed by atoms with Crippen LogP contribution in [0.3, 0.4) is 0 Å². The molecule has 0 bridgehead atoms. The summed E-state index contributed by atoms with van der Waals surface area (Å²) in [5.74, 6) is 0. The van der Waals surface area contributed by atoms with Crippen LogP contribution in [0.5, 0.6) is 0 Å². The molecule has 0 spiro atoms. The van der Waals surface area contributed by atoms with E-state index in [-0.39, 0.29) is 0 Å². The van der Waals surface area contributed by atoms with Crippen LogP contribution in [0.1, 0.15) is 31.4 Å². The molecule has 1 N–H and O–H groups in total. The van der Waals surface area contributed by atoms with Crippen LogP contribution in [-0.4, -0.2) is 40.0 Å². The van der Waals surface area contributed by atoms with Gasteiger partial charge in [-0.1, -0.05) is 0 Å². The molecular weight excluding hydrogens is 374 g/mol. The number of rotatable bonds is 5. The van der Waals surface area contributed by atoms with E-state index >= 15 is 0 Å². The highest BCUT2D eigenvalue weighted by atomic mass is 32.2. The average molecular weight is 397 g/mol. The molecule has 0 unspecified atom stereocenters. The van der Waals surface area contributed by atoms with E-state index in [2.05, 4.69) is 9.82 Å². The lowest BCUT2D eigenvalue weighted by molar-refractivity contribution is -0.00448. The fraction of sp³-hybridized carbons (Fsp3) is 0.562. The molecular formula is C16H23N5O5S. The van der Waals surface area contributed by atoms with E-state index < -0.39 is 38.3 Å². The number of aryl methyl sites for hydroxylation is 2. The maximum absolute atomic E-state index is 12.9. The van der Waals surface area contributed by atoms with Crippen molar-refractivity contribution in [2.24, 2.45) is 14.1 Å². The lowest BCUT2D eigenvalue weighted by Crippen LogP contribution is -2.46. The first-order chi connectivity index (χ1) is 12.7. The molecule has 0 saturated carbocycles. The van der Waals surface area contributed by atoms with E-state index in [1.807, 2.05) is 13.1 Å². The Hall–Kier alpha value is -2.24. The molecule has 2 aromatic rings. The number of nitrogens with one attached hydrogen (secondary N) is 1. The maximum Gasteiger partial charge on any atom is 0.330 e. The summed E-state index contributed by atoms with van der Waals surface area (Å²) in [5, 5.41) is 4.21. The minimum Gasteiger partial charge on any atom is -0.372 e. The summed E-state index contributed by atoms with van der Waals surface area (Å²) >= 11 is 0. The number of hydrogen-bond acceptors (Lipinski definition) is 6. The van der Waals surface area contributed by atoms with Gasteiger partial charge in [0.15, 0.2) is 4.90 Å². The summed E-state index contributed by atoms with van der Waals surface area (Å²) in [6.07, 6.45) is 5.28. The molecule has 1 aliphatic heterocycles. The van der Waals surface area contributed by atoms with Crippen LogP contribution in [0.25, 0.3) is 0 Å². The number of nitrogens with zero attached hydrogens (tertiary/aromatic N) is 4. The van der Waals surface area contributed by atoms with Crippen LogP contribution in [0.4, 0.5) is 0 Å². The molecule has 1 saturated heterocycles. The minimum absolute atomic E-state index is 0.472. The molecule has 2 aromatic heterocycles. The van der Waals surface area contributed by atoms with Crippen molar-refractivity contribution in [2.45, 2.75) is 43.4 Å². The van der Waals surface area contributed by atoms with Crippen molar-refractivity contribution >= 4 is 10.0 Å². The lowest BCUT2D eigenvalue weighted by atomic mass is 9.99. The van der Waals surface area contributed by atoms with Crippen LogP contribution in [0.2, 0.25) is 0 Å². The smallest absolute Gasteiger partial charge is 0.330 e. The van der Waals surface area contributed by atoms with Gasteiger partial charge in [0, 0.05) is 45.2 Å². The molecule has 3 heterocycles. The van der Waals surface area contributed by atoms with Gasteiger partial charge in [0.25, 0.3) is 5.56 Å². The second-order valence-corrected chi connectivity index (χ2v) is 8.22. The summed E-state index contributed by atoms with van der Waals surface area (Å²) in [4.78, 5) is 23.6. The van der Waals surface area contributed by atoms with E-state index in [9.17, 15) is 18.0 Å². The Morgan fingerprint density at radius 3 is 2.70 bits per heavy atom. The summed E-state index contributed by atoms with van der Waals surface area (Å²) in [6.45, 7) is 3.16. The molecule has 2 atom stereocenters. The second-order valence-electron chi connectivity index (χ2n) is 6.54. The lowest BCUT2D eigenvalue weighted by Gasteiger charge is -2.31. The number of hydrogen-bond donors (Lipinski definition) is 1. The fourth-order valence-corrected chi connectivity index (χ4v) is 4.58. The highest BCUT2D eigenvalue weighted by molar-refractivity contribution is 7.89. The zero-order valence-electron chi connectivity index (χ0n) is 15.5. The summed E-state index contributed by atoms with van der Waals surface area (Å²) in [6, 6.07) is -0.541. The number of aromatic nitrogens is 4. The third kappa shape index (κ3) is 3.75. The van der Waals surface area contributed by atoms with Crippen LogP contribution < -0.4 is 16.0 Å². The fourth-order valence-electron chi connectivity index (χ4n) is 3.15. The van der Waals surface area contributed by atoms with Crippen LogP contribution in [0, 0.1) is 0 Å². The molecule has 148 valence electrons. The van der Waals surface area contributed by atoms with Crippen LogP contribution in [-0.2, 0) is 35.4 Å². The van der Waals surface area contributed by atoms with Crippen molar-refractivity contribution in [3.63, 3.8) is 0 Å². The van der Waals surface area contributed by atoms with Crippen LogP contribution >= 0.6 is 0 Å². The maximum atomic E-state index is 12.9. The van der Waals surface area contributed by atoms with E-state index in [1.54, 1.807) is 10.9 Å². The van der Waals surface area contributed by atoms with Crippen molar-refractivity contribution in [1.29, 1.82) is 0 Å². The monoisotopic (exact) mass is 397 g/mol. The third-order valence-corrected chi connectivity index (χ3v) is 6.11. The van der Waals surface area contributed by atoms with Gasteiger partial charge in [0.05, 0.1) is 12.2 Å². The number of sulfonamides is 1. The first-order valence-corrected chi connectivity index (χ1v) is 10.2. The van der Waals surface area contributed by atoms with Gasteiger partial charge in [-0.25, -0.2) is 17.9 Å². The molecule has 3 rings (SSSR count). The van der Waals surface area contributed by atoms with E-state index in [0.717, 1.165) is 20.9 Å². The predicted octanol–water partition coefficient (Wildman–Crippen LogP) is -0.501.